The van der Waals surface area contributed by atoms with E-state index in [0.29, 0.717) is 6.54 Å². The molecule has 3 rings (SSSR count). The molecule has 1 aliphatic rings. The third kappa shape index (κ3) is 4.51. The summed E-state index contributed by atoms with van der Waals surface area (Å²) in [5.74, 6) is 0.831. The fraction of sp³-hybridized carbons (Fsp3) is 0.421. The van der Waals surface area contributed by atoms with Crippen molar-refractivity contribution in [1.29, 1.82) is 0 Å². The van der Waals surface area contributed by atoms with Gasteiger partial charge in [0.25, 0.3) is 0 Å². The number of thiophene rings is 1. The van der Waals surface area contributed by atoms with Crippen LogP contribution < -0.4 is 15.5 Å². The van der Waals surface area contributed by atoms with Crippen LogP contribution in [-0.2, 0) is 6.54 Å². The van der Waals surface area contributed by atoms with Crippen LogP contribution in [0, 0.1) is 12.8 Å². The Morgan fingerprint density at radius 2 is 1.88 bits per heavy atom. The predicted octanol–water partition coefficient (Wildman–Crippen LogP) is 4.61. The smallest absolute Gasteiger partial charge is 0.319 e. The lowest BCUT2D eigenvalue weighted by Gasteiger charge is -2.32. The number of aryl methyl sites for hydroxylation is 1. The Morgan fingerprint density at radius 1 is 1.17 bits per heavy atom. The first kappa shape index (κ1) is 16.8. The maximum Gasteiger partial charge on any atom is 0.319 e. The third-order valence-corrected chi connectivity index (χ3v) is 5.49. The number of nitrogens with zero attached hydrogens (tertiary/aromatic N) is 1. The summed E-state index contributed by atoms with van der Waals surface area (Å²) in [7, 11) is 0. The van der Waals surface area contributed by atoms with Gasteiger partial charge in [-0.2, -0.15) is 0 Å². The van der Waals surface area contributed by atoms with Crippen LogP contribution in [0.4, 0.5) is 16.2 Å². The number of amides is 2. The number of rotatable bonds is 4. The van der Waals surface area contributed by atoms with Gasteiger partial charge in [-0.25, -0.2) is 4.79 Å². The third-order valence-electron chi connectivity index (χ3n) is 4.49. The first-order valence-corrected chi connectivity index (χ1v) is 9.37. The Bertz CT molecular complexity index is 672. The van der Waals surface area contributed by atoms with Crippen LogP contribution in [-0.4, -0.2) is 19.1 Å². The van der Waals surface area contributed by atoms with Gasteiger partial charge >= 0.3 is 6.03 Å². The molecule has 0 saturated carbocycles. The van der Waals surface area contributed by atoms with Gasteiger partial charge < -0.3 is 15.5 Å². The van der Waals surface area contributed by atoms with Gasteiger partial charge in [-0.3, -0.25) is 0 Å². The number of nitrogens with one attached hydrogen (secondary N) is 2. The van der Waals surface area contributed by atoms with Gasteiger partial charge in [0.1, 0.15) is 0 Å². The van der Waals surface area contributed by atoms with Crippen LogP contribution in [0.2, 0.25) is 0 Å². The molecule has 0 bridgehead atoms. The van der Waals surface area contributed by atoms with E-state index in [4.69, 9.17) is 0 Å². The van der Waals surface area contributed by atoms with Crippen molar-refractivity contribution in [2.75, 3.05) is 23.3 Å². The Labute approximate surface area is 147 Å². The van der Waals surface area contributed by atoms with Crippen LogP contribution in [0.1, 0.15) is 29.5 Å². The summed E-state index contributed by atoms with van der Waals surface area (Å²) in [6.07, 6.45) is 2.51. The first-order valence-electron chi connectivity index (χ1n) is 8.55. The Morgan fingerprint density at radius 3 is 2.50 bits per heavy atom. The van der Waals surface area contributed by atoms with E-state index < -0.39 is 0 Å². The van der Waals surface area contributed by atoms with Crippen molar-refractivity contribution in [3.8, 4) is 0 Å². The number of hydrogen-bond acceptors (Lipinski definition) is 3. The number of carbonyl (C=O) groups is 1. The first-order chi connectivity index (χ1) is 11.6. The van der Waals surface area contributed by atoms with Gasteiger partial charge in [0.05, 0.1) is 6.54 Å². The van der Waals surface area contributed by atoms with Gasteiger partial charge in [0.15, 0.2) is 0 Å². The van der Waals surface area contributed by atoms with Gasteiger partial charge in [0.2, 0.25) is 0 Å². The zero-order valence-electron chi connectivity index (χ0n) is 14.3. The van der Waals surface area contributed by atoms with Crippen LogP contribution >= 0.6 is 11.3 Å². The number of benzene rings is 1. The highest BCUT2D eigenvalue weighted by Crippen LogP contribution is 2.24. The van der Waals surface area contributed by atoms with E-state index in [2.05, 4.69) is 53.6 Å². The van der Waals surface area contributed by atoms with E-state index in [1.807, 2.05) is 12.1 Å². The van der Waals surface area contributed by atoms with Crippen molar-refractivity contribution in [2.45, 2.75) is 33.2 Å². The van der Waals surface area contributed by atoms with Gasteiger partial charge in [-0.15, -0.1) is 11.3 Å². The topological polar surface area (TPSA) is 44.4 Å². The highest BCUT2D eigenvalue weighted by Gasteiger charge is 2.15. The number of hydrogen-bond donors (Lipinski definition) is 2. The monoisotopic (exact) mass is 343 g/mol. The maximum absolute atomic E-state index is 12.0. The highest BCUT2D eigenvalue weighted by molar-refractivity contribution is 7.11. The molecule has 5 heteroatoms. The minimum atomic E-state index is -0.166. The molecule has 2 aromatic rings. The van der Waals surface area contributed by atoms with Crippen LogP contribution in [0.5, 0.6) is 0 Å². The van der Waals surface area contributed by atoms with Crippen molar-refractivity contribution >= 4 is 28.7 Å². The van der Waals surface area contributed by atoms with E-state index in [-0.39, 0.29) is 6.03 Å². The largest absolute Gasteiger partial charge is 0.372 e. The van der Waals surface area contributed by atoms with Crippen molar-refractivity contribution < 1.29 is 4.79 Å². The molecule has 1 fully saturated rings. The molecule has 1 saturated heterocycles. The molecule has 128 valence electrons. The summed E-state index contributed by atoms with van der Waals surface area (Å²) in [5, 5.41) is 5.79. The van der Waals surface area contributed by atoms with Crippen LogP contribution in [0.3, 0.4) is 0 Å². The van der Waals surface area contributed by atoms with Gasteiger partial charge in [0, 0.05) is 34.2 Å². The second kappa shape index (κ2) is 7.71. The summed E-state index contributed by atoms with van der Waals surface area (Å²) in [4.78, 5) is 16.8. The summed E-state index contributed by atoms with van der Waals surface area (Å²) < 4.78 is 0. The second-order valence-corrected chi connectivity index (χ2v) is 7.91. The van der Waals surface area contributed by atoms with E-state index in [1.54, 1.807) is 11.3 Å². The highest BCUT2D eigenvalue weighted by atomic mass is 32.1. The van der Waals surface area contributed by atoms with Crippen molar-refractivity contribution in [1.82, 2.24) is 5.32 Å². The summed E-state index contributed by atoms with van der Waals surface area (Å²) in [5.41, 5.74) is 2.06. The number of anilines is 2. The number of piperidine rings is 1. The Kier molecular flexibility index (Phi) is 5.41. The minimum Gasteiger partial charge on any atom is -0.372 e. The molecule has 0 spiro atoms. The molecule has 0 atom stereocenters. The van der Waals surface area contributed by atoms with E-state index in [1.165, 1.54) is 23.4 Å². The molecule has 4 nitrogen and oxygen atoms in total. The molecule has 1 aliphatic heterocycles. The molecule has 0 radical (unpaired) electrons. The predicted molar refractivity (Wildman–Crippen MR) is 102 cm³/mol. The minimum absolute atomic E-state index is 0.166. The summed E-state index contributed by atoms with van der Waals surface area (Å²) in [6.45, 7) is 7.19. The van der Waals surface area contributed by atoms with E-state index >= 15 is 0 Å². The molecule has 2 N–H and O–H groups in total. The molecule has 1 aromatic heterocycles. The number of urea groups is 1. The lowest BCUT2D eigenvalue weighted by molar-refractivity contribution is 0.252. The average Bonchev–Trinajstić information content (AvgIpc) is 3.00. The zero-order chi connectivity index (χ0) is 16.9. The molecule has 0 aliphatic carbocycles. The number of carbonyl (C=O) groups excluding carboxylic acids is 1. The lowest BCUT2D eigenvalue weighted by atomic mass is 9.99. The normalized spacial score (nSPS) is 15.3. The van der Waals surface area contributed by atoms with E-state index in [9.17, 15) is 4.79 Å². The SMILES string of the molecule is Cc1ccc(CNC(=O)Nc2ccc(N3CCC(C)CC3)cc2)s1. The molecule has 2 heterocycles. The quantitative estimate of drug-likeness (QED) is 0.851. The lowest BCUT2D eigenvalue weighted by Crippen LogP contribution is -2.32. The second-order valence-electron chi connectivity index (χ2n) is 6.54. The standard InChI is InChI=1S/C19H25N3OS/c1-14-9-11-22(12-10-14)17-6-4-16(5-7-17)21-19(23)20-13-18-8-3-15(2)24-18/h3-8,14H,9-13H2,1-2H3,(H2,20,21,23). The molecule has 0 unspecified atom stereocenters. The van der Waals surface area contributed by atoms with Crippen molar-refractivity contribution in [3.63, 3.8) is 0 Å². The molecular weight excluding hydrogens is 318 g/mol. The zero-order valence-corrected chi connectivity index (χ0v) is 15.2. The summed E-state index contributed by atoms with van der Waals surface area (Å²) in [6, 6.07) is 12.1. The summed E-state index contributed by atoms with van der Waals surface area (Å²) >= 11 is 1.71. The van der Waals surface area contributed by atoms with Gasteiger partial charge in [-0.05, 0) is 62.1 Å². The fourth-order valence-electron chi connectivity index (χ4n) is 2.95. The van der Waals surface area contributed by atoms with E-state index in [0.717, 1.165) is 29.6 Å². The van der Waals surface area contributed by atoms with Crippen molar-refractivity contribution in [2.24, 2.45) is 5.92 Å². The molecule has 2 amide bonds. The Hall–Kier alpha value is -2.01. The maximum atomic E-state index is 12.0. The average molecular weight is 343 g/mol. The van der Waals surface area contributed by atoms with Crippen LogP contribution in [0.15, 0.2) is 36.4 Å². The fourth-order valence-corrected chi connectivity index (χ4v) is 3.78. The van der Waals surface area contributed by atoms with Gasteiger partial charge in [-0.1, -0.05) is 6.92 Å². The molecule has 1 aromatic carbocycles. The Balaban J connectivity index is 1.49. The molecule has 24 heavy (non-hydrogen) atoms. The van der Waals surface area contributed by atoms with Crippen molar-refractivity contribution in [3.05, 3.63) is 46.2 Å². The molecular formula is C19H25N3OS. The van der Waals surface area contributed by atoms with Crippen LogP contribution in [0.25, 0.3) is 0 Å².